The van der Waals surface area contributed by atoms with Crippen LogP contribution in [0.3, 0.4) is 0 Å². The van der Waals surface area contributed by atoms with Gasteiger partial charge in [0.2, 0.25) is 0 Å². The molecule has 1 N–H and O–H groups in total. The fourth-order valence-corrected chi connectivity index (χ4v) is 3.76. The third kappa shape index (κ3) is 4.24. The normalized spacial score (nSPS) is 11.5. The maximum atomic E-state index is 13.2. The largest absolute Gasteiger partial charge is 0.435 e. The summed E-state index contributed by atoms with van der Waals surface area (Å²) in [6.07, 6.45) is -4.56. The number of rotatable bonds is 4. The van der Waals surface area contributed by atoms with Crippen molar-refractivity contribution in [1.29, 1.82) is 0 Å². The van der Waals surface area contributed by atoms with Gasteiger partial charge < -0.3 is 5.32 Å². The Morgan fingerprint density at radius 2 is 1.80 bits per heavy atom. The van der Waals surface area contributed by atoms with Crippen LogP contribution in [0.25, 0.3) is 16.3 Å². The summed E-state index contributed by atoms with van der Waals surface area (Å²) in [6, 6.07) is 17.4. The molecule has 0 aliphatic heterocycles. The molecule has 0 saturated carbocycles. The van der Waals surface area contributed by atoms with Gasteiger partial charge in [-0.15, -0.1) is 11.3 Å². The van der Waals surface area contributed by atoms with Crippen molar-refractivity contribution in [2.24, 2.45) is 0 Å². The van der Waals surface area contributed by atoms with Crippen LogP contribution in [0.1, 0.15) is 16.1 Å². The van der Waals surface area contributed by atoms with Crippen LogP contribution >= 0.6 is 22.9 Å². The van der Waals surface area contributed by atoms with Crippen LogP contribution in [0.2, 0.25) is 5.02 Å². The highest BCUT2D eigenvalue weighted by Crippen LogP contribution is 2.34. The second-order valence-electron chi connectivity index (χ2n) is 6.31. The van der Waals surface area contributed by atoms with Crippen molar-refractivity contribution in [3.05, 3.63) is 88.4 Å². The number of aromatic nitrogens is 2. The van der Waals surface area contributed by atoms with Crippen LogP contribution in [-0.2, 0) is 6.18 Å². The highest BCUT2D eigenvalue weighted by Gasteiger charge is 2.35. The summed E-state index contributed by atoms with van der Waals surface area (Å²) in [7, 11) is 0. The number of anilines is 1. The van der Waals surface area contributed by atoms with Crippen LogP contribution in [0.5, 0.6) is 0 Å². The molecule has 152 valence electrons. The van der Waals surface area contributed by atoms with E-state index in [0.717, 1.165) is 6.07 Å². The molecule has 4 rings (SSSR count). The Labute approximate surface area is 178 Å². The lowest BCUT2D eigenvalue weighted by Crippen LogP contribution is -2.12. The number of hydrogen-bond donors (Lipinski definition) is 1. The van der Waals surface area contributed by atoms with Gasteiger partial charge in [0.05, 0.1) is 16.3 Å². The van der Waals surface area contributed by atoms with Crippen molar-refractivity contribution in [2.75, 3.05) is 5.32 Å². The van der Waals surface area contributed by atoms with E-state index in [2.05, 4.69) is 10.4 Å². The molecular formula is C21H13ClF3N3OS. The number of thiophene rings is 1. The van der Waals surface area contributed by atoms with Gasteiger partial charge in [0.1, 0.15) is 0 Å². The number of carbonyl (C=O) groups excluding carboxylic acids is 1. The van der Waals surface area contributed by atoms with E-state index in [4.69, 9.17) is 11.6 Å². The Morgan fingerprint density at radius 3 is 2.43 bits per heavy atom. The van der Waals surface area contributed by atoms with E-state index in [1.54, 1.807) is 53.9 Å². The zero-order chi connectivity index (χ0) is 21.3. The Morgan fingerprint density at radius 1 is 1.03 bits per heavy atom. The molecule has 0 saturated heterocycles. The molecule has 0 aliphatic carbocycles. The quantitative estimate of drug-likeness (QED) is 0.387. The molecule has 0 fully saturated rings. The van der Waals surface area contributed by atoms with E-state index in [-0.39, 0.29) is 5.91 Å². The average molecular weight is 448 g/mol. The average Bonchev–Trinajstić information content (AvgIpc) is 3.37. The van der Waals surface area contributed by atoms with Gasteiger partial charge in [0.15, 0.2) is 5.69 Å². The maximum absolute atomic E-state index is 13.2. The third-order valence-corrected chi connectivity index (χ3v) is 5.36. The van der Waals surface area contributed by atoms with Gasteiger partial charge >= 0.3 is 6.18 Å². The molecule has 0 atom stereocenters. The molecule has 2 aromatic carbocycles. The summed E-state index contributed by atoms with van der Waals surface area (Å²) in [5.41, 5.74) is 0.647. The minimum Gasteiger partial charge on any atom is -0.322 e. The maximum Gasteiger partial charge on any atom is 0.435 e. The van der Waals surface area contributed by atoms with Crippen molar-refractivity contribution in [3.63, 3.8) is 0 Å². The summed E-state index contributed by atoms with van der Waals surface area (Å²) in [6.45, 7) is 0. The van der Waals surface area contributed by atoms with Crippen molar-refractivity contribution >= 4 is 34.5 Å². The fraction of sp³-hybridized carbons (Fsp3) is 0.0476. The number of amides is 1. The van der Waals surface area contributed by atoms with Gasteiger partial charge in [-0.05, 0) is 60.0 Å². The van der Waals surface area contributed by atoms with Crippen molar-refractivity contribution in [1.82, 2.24) is 9.78 Å². The molecule has 0 spiro atoms. The van der Waals surface area contributed by atoms with Gasteiger partial charge in [0.25, 0.3) is 5.91 Å². The number of nitrogens with one attached hydrogen (secondary N) is 1. The van der Waals surface area contributed by atoms with Crippen LogP contribution in [0.15, 0.2) is 72.1 Å². The third-order valence-electron chi connectivity index (χ3n) is 4.23. The molecule has 0 aliphatic rings. The molecule has 30 heavy (non-hydrogen) atoms. The molecule has 0 radical (unpaired) electrons. The molecule has 0 unspecified atom stereocenters. The van der Waals surface area contributed by atoms with Gasteiger partial charge in [-0.1, -0.05) is 23.7 Å². The second kappa shape index (κ2) is 7.97. The lowest BCUT2D eigenvalue weighted by atomic mass is 10.2. The van der Waals surface area contributed by atoms with E-state index in [1.165, 1.54) is 28.2 Å². The molecule has 1 amide bonds. The lowest BCUT2D eigenvalue weighted by molar-refractivity contribution is -0.141. The summed E-state index contributed by atoms with van der Waals surface area (Å²) in [4.78, 5) is 13.1. The van der Waals surface area contributed by atoms with Crippen molar-refractivity contribution in [3.8, 4) is 16.3 Å². The molecule has 0 bridgehead atoms. The van der Waals surface area contributed by atoms with Crippen LogP contribution in [0.4, 0.5) is 18.9 Å². The Bertz CT molecular complexity index is 1190. The molecule has 2 heterocycles. The van der Waals surface area contributed by atoms with Gasteiger partial charge in [-0.3, -0.25) is 4.79 Å². The first-order valence-corrected chi connectivity index (χ1v) is 9.95. The van der Waals surface area contributed by atoms with Crippen LogP contribution in [0, 0.1) is 0 Å². The molecule has 9 heteroatoms. The topological polar surface area (TPSA) is 46.9 Å². The smallest absolute Gasteiger partial charge is 0.322 e. The summed E-state index contributed by atoms with van der Waals surface area (Å²) < 4.78 is 40.9. The standard InChI is InChI=1S/C21H13ClF3N3OS/c22-14-3-1-4-15(11-14)26-20(29)13-6-8-16(9-7-13)28-17(18-5-2-10-30-18)12-19(27-28)21(23,24)25/h1-12H,(H,26,29). The highest BCUT2D eigenvalue weighted by molar-refractivity contribution is 7.13. The van der Waals surface area contributed by atoms with Gasteiger partial charge in [-0.2, -0.15) is 18.3 Å². The molecule has 4 aromatic rings. The Balaban J connectivity index is 1.64. The number of alkyl halides is 3. The second-order valence-corrected chi connectivity index (χ2v) is 7.70. The zero-order valence-electron chi connectivity index (χ0n) is 15.2. The minimum atomic E-state index is -4.56. The summed E-state index contributed by atoms with van der Waals surface area (Å²) in [5.74, 6) is -0.362. The number of nitrogens with zero attached hydrogens (tertiary/aromatic N) is 2. The Kier molecular flexibility index (Phi) is 5.36. The molecule has 2 aromatic heterocycles. The van der Waals surface area contributed by atoms with Gasteiger partial charge in [0, 0.05) is 16.3 Å². The van der Waals surface area contributed by atoms with Crippen molar-refractivity contribution < 1.29 is 18.0 Å². The lowest BCUT2D eigenvalue weighted by Gasteiger charge is -2.09. The zero-order valence-corrected chi connectivity index (χ0v) is 16.7. The number of hydrogen-bond acceptors (Lipinski definition) is 3. The van der Waals surface area contributed by atoms with Crippen molar-refractivity contribution in [2.45, 2.75) is 6.18 Å². The first kappa shape index (κ1) is 20.2. The number of halogens is 4. The van der Waals surface area contributed by atoms with E-state index in [9.17, 15) is 18.0 Å². The van der Waals surface area contributed by atoms with E-state index in [0.29, 0.717) is 32.5 Å². The van der Waals surface area contributed by atoms with Crippen LogP contribution in [-0.4, -0.2) is 15.7 Å². The predicted molar refractivity (Wildman–Crippen MR) is 111 cm³/mol. The number of carbonyl (C=O) groups is 1. The highest BCUT2D eigenvalue weighted by atomic mass is 35.5. The van der Waals surface area contributed by atoms with E-state index in [1.807, 2.05) is 0 Å². The summed E-state index contributed by atoms with van der Waals surface area (Å²) >= 11 is 7.23. The van der Waals surface area contributed by atoms with E-state index >= 15 is 0 Å². The fourth-order valence-electron chi connectivity index (χ4n) is 2.84. The van der Waals surface area contributed by atoms with Gasteiger partial charge in [-0.25, -0.2) is 4.68 Å². The van der Waals surface area contributed by atoms with Crippen LogP contribution < -0.4 is 5.32 Å². The SMILES string of the molecule is O=C(Nc1cccc(Cl)c1)c1ccc(-n2nc(C(F)(F)F)cc2-c2cccs2)cc1. The number of benzene rings is 2. The van der Waals surface area contributed by atoms with E-state index < -0.39 is 11.9 Å². The predicted octanol–water partition coefficient (Wildman–Crippen LogP) is 6.53. The Hall–Kier alpha value is -3.10. The molecular weight excluding hydrogens is 435 g/mol. The minimum absolute atomic E-state index is 0.327. The summed E-state index contributed by atoms with van der Waals surface area (Å²) in [5, 5.41) is 8.74. The monoisotopic (exact) mass is 447 g/mol. The first-order chi connectivity index (χ1) is 14.3. The molecule has 4 nitrogen and oxygen atoms in total. The first-order valence-electron chi connectivity index (χ1n) is 8.70.